The quantitative estimate of drug-likeness (QED) is 0.444. The van der Waals surface area contributed by atoms with Gasteiger partial charge in [-0.2, -0.15) is 0 Å². The molecule has 0 aliphatic carbocycles. The molecule has 0 bridgehead atoms. The third-order valence-corrected chi connectivity index (χ3v) is 4.65. The van der Waals surface area contributed by atoms with Gasteiger partial charge in [0.2, 0.25) is 5.91 Å². The number of amides is 2. The van der Waals surface area contributed by atoms with Crippen LogP contribution in [0.2, 0.25) is 0 Å². The van der Waals surface area contributed by atoms with Crippen LogP contribution in [0.15, 0.2) is 42.5 Å². The smallest absolute Gasteiger partial charge is 0.335 e. The van der Waals surface area contributed by atoms with Crippen molar-refractivity contribution in [1.82, 2.24) is 0 Å². The molecule has 1 heterocycles. The van der Waals surface area contributed by atoms with Gasteiger partial charge in [-0.15, -0.1) is 0 Å². The van der Waals surface area contributed by atoms with Crippen LogP contribution in [0.1, 0.15) is 27.1 Å². The molecule has 2 amide bonds. The zero-order valence-electron chi connectivity index (χ0n) is 13.7. The van der Waals surface area contributed by atoms with Gasteiger partial charge in [-0.3, -0.25) is 9.59 Å². The number of nitrogens with zero attached hydrogens (tertiary/aromatic N) is 1. The molecule has 0 aromatic heterocycles. The number of rotatable bonds is 5. The number of aromatic carboxylic acids is 2. The molecule has 1 aliphatic rings. The standard InChI is InChI=1S/C18H13IN2O6/c19-11-2-1-3-12(7-11)20-14-8-15(22)21(16(14)23)13-5-9(17(24)25)4-10(6-13)18(26)27/h1-7,14,20H,8H2,(H,24,25)(H,26,27). The highest BCUT2D eigenvalue weighted by atomic mass is 127. The summed E-state index contributed by atoms with van der Waals surface area (Å²) in [4.78, 5) is 48.4. The Bertz CT molecular complexity index is 942. The fraction of sp³-hybridized carbons (Fsp3) is 0.111. The summed E-state index contributed by atoms with van der Waals surface area (Å²) in [5.74, 6) is -3.82. The Hall–Kier alpha value is -2.95. The van der Waals surface area contributed by atoms with E-state index in [0.29, 0.717) is 5.69 Å². The van der Waals surface area contributed by atoms with Crippen LogP contribution in [0.5, 0.6) is 0 Å². The normalized spacial score (nSPS) is 16.5. The summed E-state index contributed by atoms with van der Waals surface area (Å²) in [6.07, 6.45) is -0.121. The maximum Gasteiger partial charge on any atom is 0.335 e. The van der Waals surface area contributed by atoms with Gasteiger partial charge < -0.3 is 15.5 Å². The number of carboxylic acid groups (broad SMARTS) is 2. The molecule has 1 saturated heterocycles. The van der Waals surface area contributed by atoms with Gasteiger partial charge in [-0.25, -0.2) is 14.5 Å². The molecule has 0 radical (unpaired) electrons. The minimum atomic E-state index is -1.35. The molecule has 2 aromatic rings. The number of anilines is 2. The molecule has 2 aromatic carbocycles. The number of hydrogen-bond donors (Lipinski definition) is 3. The van der Waals surface area contributed by atoms with Crippen molar-refractivity contribution in [2.24, 2.45) is 0 Å². The van der Waals surface area contributed by atoms with Crippen LogP contribution < -0.4 is 10.2 Å². The van der Waals surface area contributed by atoms with E-state index >= 15 is 0 Å². The average molecular weight is 480 g/mol. The van der Waals surface area contributed by atoms with Gasteiger partial charge in [0.25, 0.3) is 5.91 Å². The minimum Gasteiger partial charge on any atom is -0.478 e. The number of imide groups is 1. The number of carbonyl (C=O) groups is 4. The van der Waals surface area contributed by atoms with Crippen molar-refractivity contribution in [2.75, 3.05) is 10.2 Å². The van der Waals surface area contributed by atoms with E-state index in [9.17, 15) is 19.2 Å². The lowest BCUT2D eigenvalue weighted by Gasteiger charge is -2.17. The first-order valence-electron chi connectivity index (χ1n) is 7.77. The summed E-state index contributed by atoms with van der Waals surface area (Å²) in [6.45, 7) is 0. The molecule has 1 unspecified atom stereocenters. The summed E-state index contributed by atoms with van der Waals surface area (Å²) in [6, 6.07) is 9.63. The Morgan fingerprint density at radius 1 is 1.04 bits per heavy atom. The predicted molar refractivity (Wildman–Crippen MR) is 104 cm³/mol. The number of carbonyl (C=O) groups excluding carboxylic acids is 2. The molecule has 8 nitrogen and oxygen atoms in total. The second-order valence-corrected chi connectivity index (χ2v) is 7.10. The van der Waals surface area contributed by atoms with Gasteiger partial charge >= 0.3 is 11.9 Å². The first-order valence-corrected chi connectivity index (χ1v) is 8.84. The first-order chi connectivity index (χ1) is 12.8. The molecule has 1 aliphatic heterocycles. The van der Waals surface area contributed by atoms with E-state index in [1.54, 1.807) is 12.1 Å². The van der Waals surface area contributed by atoms with Crippen LogP contribution in [-0.4, -0.2) is 40.0 Å². The fourth-order valence-corrected chi connectivity index (χ4v) is 3.33. The van der Waals surface area contributed by atoms with Crippen LogP contribution in [-0.2, 0) is 9.59 Å². The van der Waals surface area contributed by atoms with Crippen LogP contribution in [0.3, 0.4) is 0 Å². The topological polar surface area (TPSA) is 124 Å². The Balaban J connectivity index is 1.93. The largest absolute Gasteiger partial charge is 0.478 e. The zero-order valence-corrected chi connectivity index (χ0v) is 15.8. The maximum atomic E-state index is 12.7. The van der Waals surface area contributed by atoms with Crippen molar-refractivity contribution in [3.8, 4) is 0 Å². The van der Waals surface area contributed by atoms with E-state index in [1.165, 1.54) is 0 Å². The number of halogens is 1. The highest BCUT2D eigenvalue weighted by Crippen LogP contribution is 2.27. The lowest BCUT2D eigenvalue weighted by atomic mass is 10.1. The number of carboxylic acids is 2. The van der Waals surface area contributed by atoms with Gasteiger partial charge in [-0.1, -0.05) is 6.07 Å². The fourth-order valence-electron chi connectivity index (χ4n) is 2.78. The molecule has 1 fully saturated rings. The highest BCUT2D eigenvalue weighted by molar-refractivity contribution is 14.1. The van der Waals surface area contributed by atoms with E-state index in [1.807, 2.05) is 12.1 Å². The molecular formula is C18H13IN2O6. The summed E-state index contributed by atoms with van der Waals surface area (Å²) in [7, 11) is 0. The van der Waals surface area contributed by atoms with E-state index in [0.717, 1.165) is 26.7 Å². The third-order valence-electron chi connectivity index (χ3n) is 3.98. The van der Waals surface area contributed by atoms with Crippen molar-refractivity contribution < 1.29 is 29.4 Å². The average Bonchev–Trinajstić information content (AvgIpc) is 2.88. The van der Waals surface area contributed by atoms with Crippen LogP contribution in [0, 0.1) is 3.57 Å². The Morgan fingerprint density at radius 2 is 1.67 bits per heavy atom. The zero-order chi connectivity index (χ0) is 19.7. The van der Waals surface area contributed by atoms with Crippen molar-refractivity contribution in [2.45, 2.75) is 12.5 Å². The maximum absolute atomic E-state index is 12.7. The van der Waals surface area contributed by atoms with Crippen LogP contribution >= 0.6 is 22.6 Å². The second-order valence-electron chi connectivity index (χ2n) is 5.86. The van der Waals surface area contributed by atoms with E-state index < -0.39 is 29.8 Å². The van der Waals surface area contributed by atoms with E-state index in [-0.39, 0.29) is 23.2 Å². The molecule has 9 heteroatoms. The Labute approximate surface area is 166 Å². The highest BCUT2D eigenvalue weighted by Gasteiger charge is 2.40. The van der Waals surface area contributed by atoms with Crippen molar-refractivity contribution in [3.63, 3.8) is 0 Å². The molecule has 0 spiro atoms. The molecule has 3 N–H and O–H groups in total. The number of nitrogens with one attached hydrogen (secondary N) is 1. The molecule has 27 heavy (non-hydrogen) atoms. The van der Waals surface area contributed by atoms with Gasteiger partial charge in [0.1, 0.15) is 6.04 Å². The lowest BCUT2D eigenvalue weighted by Crippen LogP contribution is -2.35. The third kappa shape index (κ3) is 3.92. The summed E-state index contributed by atoms with van der Waals surface area (Å²) >= 11 is 2.12. The molecule has 0 saturated carbocycles. The van der Waals surface area contributed by atoms with Crippen LogP contribution in [0.25, 0.3) is 0 Å². The Morgan fingerprint density at radius 3 is 2.22 bits per heavy atom. The van der Waals surface area contributed by atoms with Crippen molar-refractivity contribution in [3.05, 3.63) is 57.2 Å². The summed E-state index contributed by atoms with van der Waals surface area (Å²) < 4.78 is 0.950. The lowest BCUT2D eigenvalue weighted by molar-refractivity contribution is -0.121. The van der Waals surface area contributed by atoms with Gasteiger partial charge in [0.05, 0.1) is 23.2 Å². The second kappa shape index (κ2) is 7.35. The molecule has 1 atom stereocenters. The van der Waals surface area contributed by atoms with Gasteiger partial charge in [0, 0.05) is 9.26 Å². The minimum absolute atomic E-state index is 0.0748. The number of benzene rings is 2. The first kappa shape index (κ1) is 18.8. The Kier molecular flexibility index (Phi) is 5.13. The molecular weight excluding hydrogens is 467 g/mol. The summed E-state index contributed by atoms with van der Waals surface area (Å²) in [5.41, 5.74) is -0.0475. The SMILES string of the molecule is O=C(O)c1cc(C(=O)O)cc(N2C(=O)CC(Nc3cccc(I)c3)C2=O)c1. The van der Waals surface area contributed by atoms with Crippen molar-refractivity contribution in [1.29, 1.82) is 0 Å². The van der Waals surface area contributed by atoms with Gasteiger partial charge in [-0.05, 0) is 59.0 Å². The number of hydrogen-bond acceptors (Lipinski definition) is 5. The predicted octanol–water partition coefficient (Wildman–Crippen LogP) is 2.43. The monoisotopic (exact) mass is 480 g/mol. The molecule has 3 rings (SSSR count). The summed E-state index contributed by atoms with van der Waals surface area (Å²) in [5, 5.41) is 21.3. The molecule has 138 valence electrons. The van der Waals surface area contributed by atoms with E-state index in [4.69, 9.17) is 10.2 Å². The van der Waals surface area contributed by atoms with Crippen LogP contribution in [0.4, 0.5) is 11.4 Å². The van der Waals surface area contributed by atoms with E-state index in [2.05, 4.69) is 27.9 Å². The van der Waals surface area contributed by atoms with Gasteiger partial charge in [0.15, 0.2) is 0 Å². The van der Waals surface area contributed by atoms with Crippen molar-refractivity contribution >= 4 is 57.7 Å².